The minimum atomic E-state index is 0.851. The Hall–Kier alpha value is -3.14. The van der Waals surface area contributed by atoms with Crippen molar-refractivity contribution in [3.8, 4) is 28.1 Å². The van der Waals surface area contributed by atoms with Gasteiger partial charge < -0.3 is 4.74 Å². The third-order valence-corrected chi connectivity index (χ3v) is 5.08. The number of nitrogens with zero attached hydrogens (tertiary/aromatic N) is 3. The van der Waals surface area contributed by atoms with Gasteiger partial charge in [0.05, 0.1) is 12.6 Å². The van der Waals surface area contributed by atoms with Crippen LogP contribution in [0.5, 0.6) is 5.75 Å². The molecule has 1 aliphatic heterocycles. The van der Waals surface area contributed by atoms with E-state index in [0.717, 1.165) is 47.3 Å². The molecule has 0 spiro atoms. The molecule has 0 saturated heterocycles. The standard InChI is InChI=1S/C22H19N3O/c1-26-18-7-2-5-17(14-18)22-21(20-8-4-12-25(20)24-22)16-9-10-19-15(13-16)6-3-11-23-19/h2-3,5-7,9-11,13-14H,4,8,12H2,1H3. The Bertz CT molecular complexity index is 1110. The minimum Gasteiger partial charge on any atom is -0.497 e. The first kappa shape index (κ1) is 15.1. The van der Waals surface area contributed by atoms with Crippen LogP contribution in [-0.2, 0) is 13.0 Å². The first-order valence-electron chi connectivity index (χ1n) is 8.93. The Balaban J connectivity index is 1.74. The summed E-state index contributed by atoms with van der Waals surface area (Å²) in [6.07, 6.45) is 4.06. The zero-order chi connectivity index (χ0) is 17.5. The molecule has 0 radical (unpaired) electrons. The van der Waals surface area contributed by atoms with Gasteiger partial charge in [0.15, 0.2) is 0 Å². The molecule has 2 aromatic carbocycles. The van der Waals surface area contributed by atoms with Gasteiger partial charge in [-0.15, -0.1) is 0 Å². The Morgan fingerprint density at radius 3 is 2.88 bits per heavy atom. The number of aryl methyl sites for hydroxylation is 1. The van der Waals surface area contributed by atoms with Gasteiger partial charge in [-0.2, -0.15) is 5.10 Å². The number of hydrogen-bond acceptors (Lipinski definition) is 3. The third-order valence-electron chi connectivity index (χ3n) is 5.08. The number of hydrogen-bond donors (Lipinski definition) is 0. The molecule has 3 heterocycles. The lowest BCUT2D eigenvalue weighted by Gasteiger charge is -2.08. The van der Waals surface area contributed by atoms with E-state index in [-0.39, 0.29) is 0 Å². The maximum atomic E-state index is 5.41. The molecule has 4 nitrogen and oxygen atoms in total. The predicted molar refractivity (Wildman–Crippen MR) is 103 cm³/mol. The first-order chi connectivity index (χ1) is 12.8. The Morgan fingerprint density at radius 1 is 1.00 bits per heavy atom. The van der Waals surface area contributed by atoms with E-state index in [9.17, 15) is 0 Å². The lowest BCUT2D eigenvalue weighted by Crippen LogP contribution is -1.94. The quantitative estimate of drug-likeness (QED) is 0.541. The van der Waals surface area contributed by atoms with Gasteiger partial charge in [-0.1, -0.05) is 24.3 Å². The van der Waals surface area contributed by atoms with Gasteiger partial charge in [-0.25, -0.2) is 0 Å². The van der Waals surface area contributed by atoms with Crippen molar-refractivity contribution in [2.75, 3.05) is 7.11 Å². The van der Waals surface area contributed by atoms with E-state index >= 15 is 0 Å². The lowest BCUT2D eigenvalue weighted by atomic mass is 9.96. The van der Waals surface area contributed by atoms with Crippen LogP contribution in [0.2, 0.25) is 0 Å². The second kappa shape index (κ2) is 5.99. The molecule has 0 fully saturated rings. The molecule has 0 bridgehead atoms. The largest absolute Gasteiger partial charge is 0.497 e. The first-order valence-corrected chi connectivity index (χ1v) is 8.93. The second-order valence-corrected chi connectivity index (χ2v) is 6.64. The van der Waals surface area contributed by atoms with E-state index in [2.05, 4.69) is 46.1 Å². The van der Waals surface area contributed by atoms with Crippen LogP contribution in [0.3, 0.4) is 0 Å². The minimum absolute atomic E-state index is 0.851. The highest BCUT2D eigenvalue weighted by Crippen LogP contribution is 2.39. The monoisotopic (exact) mass is 341 g/mol. The van der Waals surface area contributed by atoms with Crippen LogP contribution < -0.4 is 4.74 Å². The number of methoxy groups -OCH3 is 1. The van der Waals surface area contributed by atoms with Crippen molar-refractivity contribution < 1.29 is 4.74 Å². The molecule has 4 aromatic rings. The van der Waals surface area contributed by atoms with E-state index in [1.807, 2.05) is 24.4 Å². The number of benzene rings is 2. The van der Waals surface area contributed by atoms with Gasteiger partial charge in [-0.3, -0.25) is 9.67 Å². The van der Waals surface area contributed by atoms with E-state index in [1.54, 1.807) is 7.11 Å². The molecule has 0 aliphatic carbocycles. The molecule has 0 N–H and O–H groups in total. The van der Waals surface area contributed by atoms with Gasteiger partial charge in [0.1, 0.15) is 11.4 Å². The van der Waals surface area contributed by atoms with Gasteiger partial charge >= 0.3 is 0 Å². The molecule has 2 aromatic heterocycles. The lowest BCUT2D eigenvalue weighted by molar-refractivity contribution is 0.415. The number of fused-ring (bicyclic) bond motifs is 2. The maximum Gasteiger partial charge on any atom is 0.119 e. The van der Waals surface area contributed by atoms with Crippen LogP contribution in [0.25, 0.3) is 33.3 Å². The van der Waals surface area contributed by atoms with Crippen molar-refractivity contribution in [1.82, 2.24) is 14.8 Å². The molecular formula is C22H19N3O. The highest BCUT2D eigenvalue weighted by atomic mass is 16.5. The van der Waals surface area contributed by atoms with Crippen LogP contribution >= 0.6 is 0 Å². The number of ether oxygens (including phenoxy) is 1. The molecule has 0 saturated carbocycles. The SMILES string of the molecule is COc1cccc(-c2nn3c(c2-c2ccc4ncccc4c2)CCC3)c1. The van der Waals surface area contributed by atoms with Crippen LogP contribution in [-0.4, -0.2) is 21.9 Å². The van der Waals surface area contributed by atoms with Crippen LogP contribution in [0.15, 0.2) is 60.8 Å². The molecule has 0 amide bonds. The molecule has 5 rings (SSSR count). The van der Waals surface area contributed by atoms with Crippen LogP contribution in [0, 0.1) is 0 Å². The van der Waals surface area contributed by atoms with E-state index < -0.39 is 0 Å². The number of aromatic nitrogens is 3. The van der Waals surface area contributed by atoms with E-state index in [1.165, 1.54) is 16.8 Å². The molecule has 0 atom stereocenters. The van der Waals surface area contributed by atoms with E-state index in [0.29, 0.717) is 0 Å². The van der Waals surface area contributed by atoms with Crippen LogP contribution in [0.4, 0.5) is 0 Å². The smallest absolute Gasteiger partial charge is 0.119 e. The number of pyridine rings is 1. The van der Waals surface area contributed by atoms with Crippen LogP contribution in [0.1, 0.15) is 12.1 Å². The zero-order valence-electron chi connectivity index (χ0n) is 14.6. The summed E-state index contributed by atoms with van der Waals surface area (Å²) in [7, 11) is 1.70. The van der Waals surface area contributed by atoms with Gasteiger partial charge in [0.2, 0.25) is 0 Å². The molecule has 4 heteroatoms. The maximum absolute atomic E-state index is 5.41. The Kier molecular flexibility index (Phi) is 3.49. The summed E-state index contributed by atoms with van der Waals surface area (Å²) in [6.45, 7) is 0.988. The van der Waals surface area contributed by atoms with Gasteiger partial charge in [-0.05, 0) is 48.7 Å². The Labute approximate surface area is 152 Å². The summed E-state index contributed by atoms with van der Waals surface area (Å²) < 4.78 is 7.58. The average Bonchev–Trinajstić information content (AvgIpc) is 3.29. The Morgan fingerprint density at radius 2 is 1.96 bits per heavy atom. The summed E-state index contributed by atoms with van der Waals surface area (Å²) >= 11 is 0. The molecule has 26 heavy (non-hydrogen) atoms. The van der Waals surface area contributed by atoms with Crippen molar-refractivity contribution in [3.05, 3.63) is 66.5 Å². The molecule has 1 aliphatic rings. The second-order valence-electron chi connectivity index (χ2n) is 6.64. The topological polar surface area (TPSA) is 39.9 Å². The third kappa shape index (κ3) is 2.37. The summed E-state index contributed by atoms with van der Waals surface area (Å²) in [5.74, 6) is 0.851. The van der Waals surface area contributed by atoms with Gasteiger partial charge in [0, 0.05) is 34.9 Å². The number of rotatable bonds is 3. The fourth-order valence-corrected chi connectivity index (χ4v) is 3.84. The zero-order valence-corrected chi connectivity index (χ0v) is 14.6. The normalized spacial score (nSPS) is 13.1. The summed E-state index contributed by atoms with van der Waals surface area (Å²) in [5.41, 5.74) is 6.90. The summed E-state index contributed by atoms with van der Waals surface area (Å²) in [4.78, 5) is 4.44. The molecule has 128 valence electrons. The van der Waals surface area contributed by atoms with Crippen molar-refractivity contribution >= 4 is 10.9 Å². The molecular weight excluding hydrogens is 322 g/mol. The predicted octanol–water partition coefficient (Wildman–Crippen LogP) is 4.72. The highest BCUT2D eigenvalue weighted by Gasteiger charge is 2.24. The van der Waals surface area contributed by atoms with E-state index in [4.69, 9.17) is 9.84 Å². The summed E-state index contributed by atoms with van der Waals surface area (Å²) in [5, 5.41) is 6.09. The molecule has 0 unspecified atom stereocenters. The summed E-state index contributed by atoms with van der Waals surface area (Å²) in [6, 6.07) is 18.7. The van der Waals surface area contributed by atoms with Crippen molar-refractivity contribution in [2.45, 2.75) is 19.4 Å². The van der Waals surface area contributed by atoms with Crippen molar-refractivity contribution in [2.24, 2.45) is 0 Å². The van der Waals surface area contributed by atoms with Crippen molar-refractivity contribution in [1.29, 1.82) is 0 Å². The van der Waals surface area contributed by atoms with Gasteiger partial charge in [0.25, 0.3) is 0 Å². The average molecular weight is 341 g/mol. The fourth-order valence-electron chi connectivity index (χ4n) is 3.84. The highest BCUT2D eigenvalue weighted by molar-refractivity contribution is 5.89. The van der Waals surface area contributed by atoms with Crippen molar-refractivity contribution in [3.63, 3.8) is 0 Å². The fraction of sp³-hybridized carbons (Fsp3) is 0.182.